The van der Waals surface area contributed by atoms with Crippen molar-refractivity contribution < 1.29 is 0 Å². The number of hydrogen-bond acceptors (Lipinski definition) is 2. The second kappa shape index (κ2) is 5.68. The molecule has 1 heterocycles. The van der Waals surface area contributed by atoms with E-state index in [2.05, 4.69) is 56.4 Å². The minimum absolute atomic E-state index is 0.421. The molecule has 2 aromatic rings. The highest BCUT2D eigenvalue weighted by atomic mass is 32.1. The maximum absolute atomic E-state index is 3.43. The number of thiophene rings is 1. The molecule has 0 aliphatic rings. The lowest BCUT2D eigenvalue weighted by molar-refractivity contribution is 0.602. The molecule has 0 fully saturated rings. The fourth-order valence-corrected chi connectivity index (χ4v) is 3.23. The fourth-order valence-electron chi connectivity index (χ4n) is 2.08. The van der Waals surface area contributed by atoms with Gasteiger partial charge in [-0.1, -0.05) is 29.8 Å². The van der Waals surface area contributed by atoms with E-state index in [1.54, 1.807) is 0 Å². The molecule has 18 heavy (non-hydrogen) atoms. The van der Waals surface area contributed by atoms with Crippen molar-refractivity contribution in [2.24, 2.45) is 0 Å². The quantitative estimate of drug-likeness (QED) is 0.868. The lowest BCUT2D eigenvalue weighted by Crippen LogP contribution is -2.17. The molecule has 2 heteroatoms. The number of aryl methyl sites for hydroxylation is 3. The van der Waals surface area contributed by atoms with Gasteiger partial charge in [-0.25, -0.2) is 0 Å². The molecular formula is C16H21NS. The third-order valence-electron chi connectivity index (χ3n) is 3.44. The van der Waals surface area contributed by atoms with Crippen molar-refractivity contribution in [3.63, 3.8) is 0 Å². The van der Waals surface area contributed by atoms with Crippen LogP contribution in [0.25, 0.3) is 0 Å². The van der Waals surface area contributed by atoms with Crippen molar-refractivity contribution in [2.45, 2.75) is 33.2 Å². The van der Waals surface area contributed by atoms with E-state index in [1.165, 1.54) is 26.4 Å². The Kier molecular flexibility index (Phi) is 4.20. The van der Waals surface area contributed by atoms with E-state index < -0.39 is 0 Å². The highest BCUT2D eigenvalue weighted by Gasteiger charge is 2.13. The Morgan fingerprint density at radius 3 is 2.28 bits per heavy atom. The SMILES string of the molecule is CNC(Cc1ccc(C)cc1)c1cc(C)c(C)s1. The third kappa shape index (κ3) is 3.01. The molecule has 1 aromatic carbocycles. The van der Waals surface area contributed by atoms with E-state index in [1.807, 2.05) is 18.4 Å². The van der Waals surface area contributed by atoms with Gasteiger partial charge in [-0.15, -0.1) is 11.3 Å². The number of likely N-dealkylation sites (N-methyl/N-ethyl adjacent to an activating group) is 1. The van der Waals surface area contributed by atoms with Crippen molar-refractivity contribution in [1.82, 2.24) is 5.32 Å². The van der Waals surface area contributed by atoms with E-state index >= 15 is 0 Å². The minimum atomic E-state index is 0.421. The summed E-state index contributed by atoms with van der Waals surface area (Å²) in [4.78, 5) is 2.86. The molecule has 0 amide bonds. The Bertz CT molecular complexity index is 491. The number of benzene rings is 1. The van der Waals surface area contributed by atoms with Crippen LogP contribution in [0.5, 0.6) is 0 Å². The molecule has 0 spiro atoms. The molecule has 1 aromatic heterocycles. The molecule has 0 bridgehead atoms. The van der Waals surface area contributed by atoms with Crippen LogP contribution in [-0.4, -0.2) is 7.05 Å². The van der Waals surface area contributed by atoms with Crippen LogP contribution in [0, 0.1) is 20.8 Å². The van der Waals surface area contributed by atoms with E-state index in [0.29, 0.717) is 6.04 Å². The highest BCUT2D eigenvalue weighted by molar-refractivity contribution is 7.12. The highest BCUT2D eigenvalue weighted by Crippen LogP contribution is 2.28. The lowest BCUT2D eigenvalue weighted by atomic mass is 10.0. The van der Waals surface area contributed by atoms with Gasteiger partial charge in [0.1, 0.15) is 0 Å². The Labute approximate surface area is 114 Å². The van der Waals surface area contributed by atoms with Gasteiger partial charge in [-0.2, -0.15) is 0 Å². The molecule has 0 aliphatic carbocycles. The van der Waals surface area contributed by atoms with Crippen molar-refractivity contribution >= 4 is 11.3 Å². The maximum atomic E-state index is 3.43. The summed E-state index contributed by atoms with van der Waals surface area (Å²) >= 11 is 1.91. The van der Waals surface area contributed by atoms with Crippen LogP contribution in [-0.2, 0) is 6.42 Å². The second-order valence-corrected chi connectivity index (χ2v) is 6.21. The maximum Gasteiger partial charge on any atom is 0.0453 e. The van der Waals surface area contributed by atoms with Gasteiger partial charge in [0, 0.05) is 15.8 Å². The first-order chi connectivity index (χ1) is 8.60. The number of nitrogens with one attached hydrogen (secondary N) is 1. The predicted molar refractivity (Wildman–Crippen MR) is 80.5 cm³/mol. The van der Waals surface area contributed by atoms with Gasteiger partial charge in [0.05, 0.1) is 0 Å². The van der Waals surface area contributed by atoms with Crippen LogP contribution in [0.4, 0.5) is 0 Å². The zero-order valence-corrected chi connectivity index (χ0v) is 12.4. The lowest BCUT2D eigenvalue weighted by Gasteiger charge is -2.14. The van der Waals surface area contributed by atoms with Crippen molar-refractivity contribution in [1.29, 1.82) is 0 Å². The molecular weight excluding hydrogens is 238 g/mol. The Balaban J connectivity index is 2.16. The summed E-state index contributed by atoms with van der Waals surface area (Å²) < 4.78 is 0. The van der Waals surface area contributed by atoms with E-state index in [4.69, 9.17) is 0 Å². The van der Waals surface area contributed by atoms with Gasteiger partial charge in [-0.3, -0.25) is 0 Å². The van der Waals surface area contributed by atoms with Crippen molar-refractivity contribution in [3.8, 4) is 0 Å². The summed E-state index contributed by atoms with van der Waals surface area (Å²) in [6.07, 6.45) is 1.05. The first-order valence-electron chi connectivity index (χ1n) is 6.40. The van der Waals surface area contributed by atoms with Crippen LogP contribution < -0.4 is 5.32 Å². The topological polar surface area (TPSA) is 12.0 Å². The molecule has 96 valence electrons. The van der Waals surface area contributed by atoms with Gasteiger partial charge in [-0.05, 0) is 51.4 Å². The summed E-state index contributed by atoms with van der Waals surface area (Å²) in [5.41, 5.74) is 4.12. The van der Waals surface area contributed by atoms with Gasteiger partial charge >= 0.3 is 0 Å². The second-order valence-electron chi connectivity index (χ2n) is 4.92. The molecule has 0 aliphatic heterocycles. The van der Waals surface area contributed by atoms with Crippen LogP contribution >= 0.6 is 11.3 Å². The largest absolute Gasteiger partial charge is 0.312 e. The molecule has 0 saturated heterocycles. The first-order valence-corrected chi connectivity index (χ1v) is 7.21. The Hall–Kier alpha value is -1.12. The van der Waals surface area contributed by atoms with Crippen molar-refractivity contribution in [3.05, 3.63) is 56.8 Å². The first kappa shape index (κ1) is 13.3. The Morgan fingerprint density at radius 2 is 1.78 bits per heavy atom. The average molecular weight is 259 g/mol. The summed E-state index contributed by atoms with van der Waals surface area (Å²) in [6.45, 7) is 6.52. The van der Waals surface area contributed by atoms with Gasteiger partial charge in [0.15, 0.2) is 0 Å². The van der Waals surface area contributed by atoms with Crippen molar-refractivity contribution in [2.75, 3.05) is 7.05 Å². The standard InChI is InChI=1S/C16H21NS/c1-11-5-7-14(8-6-11)10-15(17-4)16-9-12(2)13(3)18-16/h5-9,15,17H,10H2,1-4H3. The molecule has 1 unspecified atom stereocenters. The number of rotatable bonds is 4. The normalized spacial score (nSPS) is 12.7. The minimum Gasteiger partial charge on any atom is -0.312 e. The monoisotopic (exact) mass is 259 g/mol. The van der Waals surface area contributed by atoms with Crippen LogP contribution in [0.2, 0.25) is 0 Å². The van der Waals surface area contributed by atoms with Crippen LogP contribution in [0.3, 0.4) is 0 Å². The molecule has 0 radical (unpaired) electrons. The van der Waals surface area contributed by atoms with E-state index in [0.717, 1.165) is 6.42 Å². The molecule has 1 nitrogen and oxygen atoms in total. The summed E-state index contributed by atoms with van der Waals surface area (Å²) in [5, 5.41) is 3.43. The molecule has 1 atom stereocenters. The van der Waals surface area contributed by atoms with Gasteiger partial charge in [0.25, 0.3) is 0 Å². The summed E-state index contributed by atoms with van der Waals surface area (Å²) in [5.74, 6) is 0. The summed E-state index contributed by atoms with van der Waals surface area (Å²) in [6, 6.07) is 11.6. The summed E-state index contributed by atoms with van der Waals surface area (Å²) in [7, 11) is 2.04. The van der Waals surface area contributed by atoms with Gasteiger partial charge < -0.3 is 5.32 Å². The zero-order chi connectivity index (χ0) is 13.1. The van der Waals surface area contributed by atoms with Crippen LogP contribution in [0.1, 0.15) is 32.5 Å². The number of hydrogen-bond donors (Lipinski definition) is 1. The van der Waals surface area contributed by atoms with E-state index in [9.17, 15) is 0 Å². The van der Waals surface area contributed by atoms with Gasteiger partial charge in [0.2, 0.25) is 0 Å². The van der Waals surface area contributed by atoms with Crippen LogP contribution in [0.15, 0.2) is 30.3 Å². The average Bonchev–Trinajstić information content (AvgIpc) is 2.69. The van der Waals surface area contributed by atoms with E-state index in [-0.39, 0.29) is 0 Å². The third-order valence-corrected chi connectivity index (χ3v) is 4.70. The zero-order valence-electron chi connectivity index (χ0n) is 11.6. The Morgan fingerprint density at radius 1 is 1.11 bits per heavy atom. The fraction of sp³-hybridized carbons (Fsp3) is 0.375. The molecule has 1 N–H and O–H groups in total. The predicted octanol–water partition coefficient (Wildman–Crippen LogP) is 4.18. The molecule has 0 saturated carbocycles. The smallest absolute Gasteiger partial charge is 0.0453 e. The molecule has 2 rings (SSSR count).